The minimum Gasteiger partial charge on any atom is -0.508 e. The number of carbonyl (C=O) groups is 1. The van der Waals surface area contributed by atoms with Gasteiger partial charge < -0.3 is 14.3 Å². The Balaban J connectivity index is 1.72. The van der Waals surface area contributed by atoms with E-state index in [1.54, 1.807) is 25.1 Å². The number of aromatic hydroxyl groups is 1. The number of ether oxygens (including phenoxy) is 1. The fourth-order valence-electron chi connectivity index (χ4n) is 2.47. The van der Waals surface area contributed by atoms with Crippen molar-refractivity contribution in [3.05, 3.63) is 64.9 Å². The Hall–Kier alpha value is -2.46. The van der Waals surface area contributed by atoms with E-state index in [2.05, 4.69) is 0 Å². The summed E-state index contributed by atoms with van der Waals surface area (Å²) in [4.78, 5) is 12.2. The first kappa shape index (κ1) is 15.4. The number of rotatable bonds is 4. The van der Waals surface area contributed by atoms with E-state index in [1.807, 2.05) is 18.2 Å². The topological polar surface area (TPSA) is 59.7 Å². The van der Waals surface area contributed by atoms with Gasteiger partial charge in [-0.1, -0.05) is 29.8 Å². The molecular weight excluding hydrogens is 316 g/mol. The van der Waals surface area contributed by atoms with Crippen LogP contribution in [-0.2, 0) is 16.0 Å². The Kier molecular flexibility index (Phi) is 4.26. The van der Waals surface area contributed by atoms with Crippen molar-refractivity contribution in [2.24, 2.45) is 0 Å². The van der Waals surface area contributed by atoms with Crippen molar-refractivity contribution in [2.45, 2.75) is 19.4 Å². The van der Waals surface area contributed by atoms with Crippen LogP contribution in [0.15, 0.2) is 53.1 Å². The molecule has 0 fully saturated rings. The van der Waals surface area contributed by atoms with E-state index in [0.29, 0.717) is 10.6 Å². The maximum atomic E-state index is 12.2. The molecule has 0 bridgehead atoms. The second-order valence-corrected chi connectivity index (χ2v) is 5.68. The Morgan fingerprint density at radius 3 is 2.87 bits per heavy atom. The molecule has 1 N–H and O–H groups in total. The number of carbonyl (C=O) groups excluding carboxylic acids is 1. The number of hydrogen-bond acceptors (Lipinski definition) is 4. The largest absolute Gasteiger partial charge is 0.508 e. The van der Waals surface area contributed by atoms with Crippen LogP contribution >= 0.6 is 11.6 Å². The van der Waals surface area contributed by atoms with E-state index in [0.717, 1.165) is 16.5 Å². The van der Waals surface area contributed by atoms with Crippen molar-refractivity contribution < 1.29 is 19.1 Å². The van der Waals surface area contributed by atoms with E-state index in [9.17, 15) is 9.90 Å². The van der Waals surface area contributed by atoms with Gasteiger partial charge in [0.05, 0.1) is 12.7 Å². The molecule has 0 aliphatic carbocycles. The lowest BCUT2D eigenvalue weighted by atomic mass is 10.1. The summed E-state index contributed by atoms with van der Waals surface area (Å²) >= 11 is 6.11. The highest BCUT2D eigenvalue weighted by Gasteiger charge is 2.17. The molecule has 1 atom stereocenters. The Labute approximate surface area is 138 Å². The standard InChI is InChI=1S/C18H15ClO4/c1-11(14-4-2-3-5-16(14)19)23-18(21)8-12-10-22-17-9-13(20)6-7-15(12)17/h2-7,9-11,20H,8H2,1H3/t11-/m1/s1. The van der Waals surface area contributed by atoms with Crippen LogP contribution in [0.1, 0.15) is 24.2 Å². The summed E-state index contributed by atoms with van der Waals surface area (Å²) in [5, 5.41) is 10.8. The second kappa shape index (κ2) is 6.34. The molecule has 23 heavy (non-hydrogen) atoms. The highest BCUT2D eigenvalue weighted by atomic mass is 35.5. The first-order chi connectivity index (χ1) is 11.0. The molecule has 0 amide bonds. The fraction of sp³-hybridized carbons (Fsp3) is 0.167. The minimum atomic E-state index is -0.432. The van der Waals surface area contributed by atoms with E-state index in [-0.39, 0.29) is 18.1 Å². The number of furan rings is 1. The summed E-state index contributed by atoms with van der Waals surface area (Å²) in [6.07, 6.45) is 1.16. The molecule has 0 saturated carbocycles. The lowest BCUT2D eigenvalue weighted by molar-refractivity contribution is -0.147. The third kappa shape index (κ3) is 3.32. The number of benzene rings is 2. The van der Waals surface area contributed by atoms with E-state index in [4.69, 9.17) is 20.8 Å². The van der Waals surface area contributed by atoms with Gasteiger partial charge in [-0.2, -0.15) is 0 Å². The molecule has 3 aromatic rings. The molecule has 5 heteroatoms. The Morgan fingerprint density at radius 2 is 2.09 bits per heavy atom. The maximum absolute atomic E-state index is 12.2. The van der Waals surface area contributed by atoms with E-state index in [1.165, 1.54) is 12.3 Å². The van der Waals surface area contributed by atoms with Gasteiger partial charge in [-0.05, 0) is 25.1 Å². The smallest absolute Gasteiger partial charge is 0.311 e. The third-order valence-corrected chi connectivity index (χ3v) is 3.97. The van der Waals surface area contributed by atoms with Gasteiger partial charge in [-0.15, -0.1) is 0 Å². The van der Waals surface area contributed by atoms with Gasteiger partial charge in [-0.25, -0.2) is 0 Å². The van der Waals surface area contributed by atoms with Gasteiger partial charge in [0, 0.05) is 27.6 Å². The quantitative estimate of drug-likeness (QED) is 0.708. The number of hydrogen-bond donors (Lipinski definition) is 1. The van der Waals surface area contributed by atoms with Gasteiger partial charge in [0.1, 0.15) is 17.4 Å². The number of fused-ring (bicyclic) bond motifs is 1. The molecule has 1 heterocycles. The minimum absolute atomic E-state index is 0.0898. The lowest BCUT2D eigenvalue weighted by Crippen LogP contribution is -2.11. The molecule has 1 aromatic heterocycles. The molecule has 118 valence electrons. The summed E-state index contributed by atoms with van der Waals surface area (Å²) in [6, 6.07) is 12.0. The molecular formula is C18H15ClO4. The van der Waals surface area contributed by atoms with Crippen LogP contribution in [0, 0.1) is 0 Å². The van der Waals surface area contributed by atoms with Crippen molar-refractivity contribution in [3.63, 3.8) is 0 Å². The van der Waals surface area contributed by atoms with Crippen LogP contribution in [0.2, 0.25) is 5.02 Å². The van der Waals surface area contributed by atoms with Crippen molar-refractivity contribution in [2.75, 3.05) is 0 Å². The average Bonchev–Trinajstić information content (AvgIpc) is 2.89. The first-order valence-corrected chi connectivity index (χ1v) is 7.55. The van der Waals surface area contributed by atoms with Gasteiger partial charge in [0.15, 0.2) is 0 Å². The van der Waals surface area contributed by atoms with Crippen molar-refractivity contribution >= 4 is 28.5 Å². The molecule has 0 aliphatic heterocycles. The Bertz CT molecular complexity index is 853. The monoisotopic (exact) mass is 330 g/mol. The highest BCUT2D eigenvalue weighted by Crippen LogP contribution is 2.28. The molecule has 3 rings (SSSR count). The number of phenols is 1. The van der Waals surface area contributed by atoms with Crippen LogP contribution in [-0.4, -0.2) is 11.1 Å². The van der Waals surface area contributed by atoms with Crippen LogP contribution in [0.4, 0.5) is 0 Å². The molecule has 0 radical (unpaired) electrons. The molecule has 4 nitrogen and oxygen atoms in total. The van der Waals surface area contributed by atoms with Crippen molar-refractivity contribution in [1.29, 1.82) is 0 Å². The van der Waals surface area contributed by atoms with Gasteiger partial charge >= 0.3 is 5.97 Å². The fourth-order valence-corrected chi connectivity index (χ4v) is 2.76. The van der Waals surface area contributed by atoms with Crippen molar-refractivity contribution in [1.82, 2.24) is 0 Å². The molecule has 0 saturated heterocycles. The summed E-state index contributed by atoms with van der Waals surface area (Å²) in [6.45, 7) is 1.78. The number of esters is 1. The maximum Gasteiger partial charge on any atom is 0.311 e. The van der Waals surface area contributed by atoms with Crippen LogP contribution in [0.5, 0.6) is 5.75 Å². The zero-order valence-electron chi connectivity index (χ0n) is 12.5. The van der Waals surface area contributed by atoms with Gasteiger partial charge in [0.25, 0.3) is 0 Å². The highest BCUT2D eigenvalue weighted by molar-refractivity contribution is 6.31. The summed E-state index contributed by atoms with van der Waals surface area (Å²) < 4.78 is 10.8. The zero-order valence-corrected chi connectivity index (χ0v) is 13.2. The van der Waals surface area contributed by atoms with Crippen LogP contribution in [0.25, 0.3) is 11.0 Å². The van der Waals surface area contributed by atoms with E-state index < -0.39 is 6.10 Å². The summed E-state index contributed by atoms with van der Waals surface area (Å²) in [5.41, 5.74) is 2.02. The van der Waals surface area contributed by atoms with Crippen molar-refractivity contribution in [3.8, 4) is 5.75 Å². The molecule has 0 spiro atoms. The predicted molar refractivity (Wildman–Crippen MR) is 87.5 cm³/mol. The normalized spacial score (nSPS) is 12.3. The summed E-state index contributed by atoms with van der Waals surface area (Å²) in [7, 11) is 0. The first-order valence-electron chi connectivity index (χ1n) is 7.17. The molecule has 0 unspecified atom stereocenters. The SMILES string of the molecule is C[C@@H](OC(=O)Cc1coc2cc(O)ccc12)c1ccccc1Cl. The predicted octanol–water partition coefficient (Wildman–Crippen LogP) is 4.64. The second-order valence-electron chi connectivity index (χ2n) is 5.27. The lowest BCUT2D eigenvalue weighted by Gasteiger charge is -2.14. The zero-order chi connectivity index (χ0) is 16.4. The number of halogens is 1. The third-order valence-electron chi connectivity index (χ3n) is 3.63. The van der Waals surface area contributed by atoms with Crippen LogP contribution < -0.4 is 0 Å². The molecule has 2 aromatic carbocycles. The van der Waals surface area contributed by atoms with Gasteiger partial charge in [-0.3, -0.25) is 4.79 Å². The Morgan fingerprint density at radius 1 is 1.30 bits per heavy atom. The average molecular weight is 331 g/mol. The van der Waals surface area contributed by atoms with E-state index >= 15 is 0 Å². The number of phenolic OH excluding ortho intramolecular Hbond substituents is 1. The van der Waals surface area contributed by atoms with Gasteiger partial charge in [0.2, 0.25) is 0 Å². The van der Waals surface area contributed by atoms with Crippen LogP contribution in [0.3, 0.4) is 0 Å². The summed E-state index contributed by atoms with van der Waals surface area (Å²) in [5.74, 6) is -0.249. The molecule has 0 aliphatic rings.